The molecule has 0 amide bonds. The Labute approximate surface area is 95.8 Å². The largest absolute Gasteiger partial charge is 0.496 e. The number of thiophene rings is 1. The summed E-state index contributed by atoms with van der Waals surface area (Å²) in [6.07, 6.45) is 0. The Morgan fingerprint density at radius 1 is 1.43 bits per heavy atom. The standard InChI is InChI=1S/C11H11BrOS/c1-7-9(13-2)3-4-10-11(7)8(5-12)6-14-10/h3-4,6H,5H2,1-2H3. The Hall–Kier alpha value is -0.540. The maximum atomic E-state index is 5.31. The van der Waals surface area contributed by atoms with Gasteiger partial charge in [-0.2, -0.15) is 0 Å². The summed E-state index contributed by atoms with van der Waals surface area (Å²) in [5, 5.41) is 4.44. The lowest BCUT2D eigenvalue weighted by molar-refractivity contribution is 0.412. The number of hydrogen-bond donors (Lipinski definition) is 0. The molecule has 0 aliphatic rings. The molecule has 74 valence electrons. The molecule has 0 aliphatic carbocycles. The summed E-state index contributed by atoms with van der Waals surface area (Å²) in [6, 6.07) is 4.16. The van der Waals surface area contributed by atoms with Gasteiger partial charge >= 0.3 is 0 Å². The molecule has 0 spiro atoms. The van der Waals surface area contributed by atoms with Crippen molar-refractivity contribution in [3.8, 4) is 5.75 Å². The summed E-state index contributed by atoms with van der Waals surface area (Å²) in [5.41, 5.74) is 2.59. The molecule has 0 saturated heterocycles. The molecule has 1 nitrogen and oxygen atoms in total. The molecule has 0 saturated carbocycles. The van der Waals surface area contributed by atoms with Gasteiger partial charge in [0.25, 0.3) is 0 Å². The van der Waals surface area contributed by atoms with Crippen molar-refractivity contribution in [1.29, 1.82) is 0 Å². The fraction of sp³-hybridized carbons (Fsp3) is 0.273. The Morgan fingerprint density at radius 3 is 2.86 bits per heavy atom. The third-order valence-electron chi connectivity index (χ3n) is 2.39. The van der Waals surface area contributed by atoms with Gasteiger partial charge in [0, 0.05) is 15.4 Å². The van der Waals surface area contributed by atoms with E-state index >= 15 is 0 Å². The number of benzene rings is 1. The van der Waals surface area contributed by atoms with Gasteiger partial charge in [-0.15, -0.1) is 11.3 Å². The van der Waals surface area contributed by atoms with Crippen molar-refractivity contribution in [2.24, 2.45) is 0 Å². The minimum absolute atomic E-state index is 0.904. The normalized spacial score (nSPS) is 10.8. The molecule has 2 rings (SSSR count). The van der Waals surface area contributed by atoms with Gasteiger partial charge in [0.1, 0.15) is 5.75 Å². The molecule has 0 unspecified atom stereocenters. The van der Waals surface area contributed by atoms with Crippen LogP contribution < -0.4 is 4.74 Å². The SMILES string of the molecule is COc1ccc2scc(CBr)c2c1C. The van der Waals surface area contributed by atoms with Crippen LogP contribution in [0.3, 0.4) is 0 Å². The maximum absolute atomic E-state index is 5.31. The van der Waals surface area contributed by atoms with Gasteiger partial charge in [0.2, 0.25) is 0 Å². The van der Waals surface area contributed by atoms with E-state index < -0.39 is 0 Å². The lowest BCUT2D eigenvalue weighted by atomic mass is 10.1. The first-order valence-corrected chi connectivity index (χ1v) is 6.37. The highest BCUT2D eigenvalue weighted by atomic mass is 79.9. The molecule has 14 heavy (non-hydrogen) atoms. The first-order chi connectivity index (χ1) is 6.77. The van der Waals surface area contributed by atoms with E-state index in [4.69, 9.17) is 4.74 Å². The van der Waals surface area contributed by atoms with Crippen LogP contribution in [0.2, 0.25) is 0 Å². The van der Waals surface area contributed by atoms with Gasteiger partial charge in [-0.05, 0) is 35.6 Å². The molecular formula is C11H11BrOS. The predicted octanol–water partition coefficient (Wildman–Crippen LogP) is 4.11. The van der Waals surface area contributed by atoms with Gasteiger partial charge in [-0.3, -0.25) is 0 Å². The Bertz CT molecular complexity index is 462. The van der Waals surface area contributed by atoms with Gasteiger partial charge in [0.05, 0.1) is 7.11 Å². The molecule has 1 aromatic carbocycles. The molecule has 0 N–H and O–H groups in total. The molecule has 2 aromatic rings. The number of rotatable bonds is 2. The fourth-order valence-electron chi connectivity index (χ4n) is 1.68. The van der Waals surface area contributed by atoms with Crippen LogP contribution in [0.15, 0.2) is 17.5 Å². The van der Waals surface area contributed by atoms with E-state index in [0.29, 0.717) is 0 Å². The van der Waals surface area contributed by atoms with Gasteiger partial charge < -0.3 is 4.74 Å². The summed E-state index contributed by atoms with van der Waals surface area (Å²) >= 11 is 5.29. The van der Waals surface area contributed by atoms with Crippen molar-refractivity contribution < 1.29 is 4.74 Å². The minimum atomic E-state index is 0.904. The quantitative estimate of drug-likeness (QED) is 0.747. The number of methoxy groups -OCH3 is 1. The first-order valence-electron chi connectivity index (χ1n) is 4.37. The number of halogens is 1. The van der Waals surface area contributed by atoms with Crippen LogP contribution in [0.4, 0.5) is 0 Å². The maximum Gasteiger partial charge on any atom is 0.122 e. The number of alkyl halides is 1. The highest BCUT2D eigenvalue weighted by Crippen LogP contribution is 2.34. The van der Waals surface area contributed by atoms with Gasteiger partial charge in [0.15, 0.2) is 0 Å². The van der Waals surface area contributed by atoms with Gasteiger partial charge in [-0.1, -0.05) is 15.9 Å². The van der Waals surface area contributed by atoms with Crippen LogP contribution in [0, 0.1) is 6.92 Å². The van der Waals surface area contributed by atoms with Crippen molar-refractivity contribution in [3.63, 3.8) is 0 Å². The second kappa shape index (κ2) is 3.91. The number of aryl methyl sites for hydroxylation is 1. The van der Waals surface area contributed by atoms with Crippen LogP contribution in [0.25, 0.3) is 10.1 Å². The fourth-order valence-corrected chi connectivity index (χ4v) is 3.35. The molecule has 1 aromatic heterocycles. The van der Waals surface area contributed by atoms with Crippen molar-refractivity contribution >= 4 is 37.4 Å². The van der Waals surface area contributed by atoms with Crippen LogP contribution >= 0.6 is 27.3 Å². The lowest BCUT2D eigenvalue weighted by Crippen LogP contribution is -1.87. The van der Waals surface area contributed by atoms with Crippen LogP contribution in [0.1, 0.15) is 11.1 Å². The Morgan fingerprint density at radius 2 is 2.21 bits per heavy atom. The highest BCUT2D eigenvalue weighted by Gasteiger charge is 2.09. The molecule has 0 atom stereocenters. The number of ether oxygens (including phenoxy) is 1. The minimum Gasteiger partial charge on any atom is -0.496 e. The summed E-state index contributed by atoms with van der Waals surface area (Å²) in [7, 11) is 1.72. The zero-order valence-corrected chi connectivity index (χ0v) is 10.5. The number of hydrogen-bond acceptors (Lipinski definition) is 2. The average molecular weight is 271 g/mol. The average Bonchev–Trinajstić information content (AvgIpc) is 2.62. The van der Waals surface area contributed by atoms with E-state index in [1.807, 2.05) is 6.07 Å². The van der Waals surface area contributed by atoms with Crippen LogP contribution in [-0.2, 0) is 5.33 Å². The Balaban J connectivity index is 2.77. The van der Waals surface area contributed by atoms with E-state index in [1.165, 1.54) is 21.2 Å². The van der Waals surface area contributed by atoms with E-state index in [-0.39, 0.29) is 0 Å². The Kier molecular flexibility index (Phi) is 2.79. The van der Waals surface area contributed by atoms with E-state index in [2.05, 4.69) is 34.3 Å². The highest BCUT2D eigenvalue weighted by molar-refractivity contribution is 9.08. The van der Waals surface area contributed by atoms with Gasteiger partial charge in [-0.25, -0.2) is 0 Å². The van der Waals surface area contributed by atoms with Crippen molar-refractivity contribution in [2.75, 3.05) is 7.11 Å². The molecule has 0 radical (unpaired) electrons. The smallest absolute Gasteiger partial charge is 0.122 e. The summed E-state index contributed by atoms with van der Waals surface area (Å²) in [4.78, 5) is 0. The second-order valence-electron chi connectivity index (χ2n) is 3.16. The molecular weight excluding hydrogens is 260 g/mol. The van der Waals surface area contributed by atoms with E-state index in [0.717, 1.165) is 11.1 Å². The third kappa shape index (κ3) is 1.44. The molecule has 0 bridgehead atoms. The molecule has 0 aliphatic heterocycles. The molecule has 3 heteroatoms. The van der Waals surface area contributed by atoms with E-state index in [9.17, 15) is 0 Å². The zero-order chi connectivity index (χ0) is 10.1. The summed E-state index contributed by atoms with van der Waals surface area (Å²) in [5.74, 6) is 0.970. The van der Waals surface area contributed by atoms with Crippen molar-refractivity contribution in [2.45, 2.75) is 12.3 Å². The third-order valence-corrected chi connectivity index (χ3v) is 3.99. The number of fused-ring (bicyclic) bond motifs is 1. The summed E-state index contributed by atoms with van der Waals surface area (Å²) in [6.45, 7) is 2.11. The van der Waals surface area contributed by atoms with Crippen LogP contribution in [-0.4, -0.2) is 7.11 Å². The second-order valence-corrected chi connectivity index (χ2v) is 4.63. The predicted molar refractivity (Wildman–Crippen MR) is 65.7 cm³/mol. The monoisotopic (exact) mass is 270 g/mol. The van der Waals surface area contributed by atoms with Crippen LogP contribution in [0.5, 0.6) is 5.75 Å². The summed E-state index contributed by atoms with van der Waals surface area (Å²) < 4.78 is 6.64. The lowest BCUT2D eigenvalue weighted by Gasteiger charge is -2.06. The molecule has 0 fully saturated rings. The van der Waals surface area contributed by atoms with E-state index in [1.54, 1.807) is 18.4 Å². The van der Waals surface area contributed by atoms with Crippen molar-refractivity contribution in [3.05, 3.63) is 28.6 Å². The topological polar surface area (TPSA) is 9.23 Å². The first kappa shape index (κ1) is 9.99. The molecule has 1 heterocycles. The van der Waals surface area contributed by atoms with Crippen molar-refractivity contribution in [1.82, 2.24) is 0 Å². The zero-order valence-electron chi connectivity index (χ0n) is 8.13.